The second kappa shape index (κ2) is 5.69. The van der Waals surface area contributed by atoms with Gasteiger partial charge in [-0.05, 0) is 55.2 Å². The van der Waals surface area contributed by atoms with Crippen LogP contribution in [0.2, 0.25) is 5.02 Å². The summed E-state index contributed by atoms with van der Waals surface area (Å²) in [6.07, 6.45) is 1.57. The average molecular weight is 322 g/mol. The molecule has 0 aliphatic carbocycles. The van der Waals surface area contributed by atoms with Crippen molar-refractivity contribution in [3.8, 4) is 0 Å². The van der Waals surface area contributed by atoms with Crippen LogP contribution >= 0.6 is 11.6 Å². The van der Waals surface area contributed by atoms with Gasteiger partial charge in [-0.15, -0.1) is 0 Å². The molecule has 0 saturated carbocycles. The van der Waals surface area contributed by atoms with Gasteiger partial charge < -0.3 is 4.90 Å². The Morgan fingerprint density at radius 1 is 1.27 bits per heavy atom. The van der Waals surface area contributed by atoms with E-state index in [1.807, 2.05) is 13.0 Å². The van der Waals surface area contributed by atoms with Gasteiger partial charge in [0, 0.05) is 11.6 Å². The zero-order chi connectivity index (χ0) is 15.9. The summed E-state index contributed by atoms with van der Waals surface area (Å²) in [5.74, 6) is -2.65. The van der Waals surface area contributed by atoms with Crippen LogP contribution in [0, 0.1) is 18.6 Å². The summed E-state index contributed by atoms with van der Waals surface area (Å²) in [5, 5.41) is 0.613. The van der Waals surface area contributed by atoms with Crippen LogP contribution in [0.15, 0.2) is 30.3 Å². The molecule has 0 radical (unpaired) electrons. The van der Waals surface area contributed by atoms with Gasteiger partial charge in [0.05, 0.1) is 11.3 Å². The van der Waals surface area contributed by atoms with Gasteiger partial charge in [0.1, 0.15) is 0 Å². The summed E-state index contributed by atoms with van der Waals surface area (Å²) < 4.78 is 27.3. The van der Waals surface area contributed by atoms with E-state index in [1.165, 1.54) is 17.0 Å². The number of aryl methyl sites for hydroxylation is 2. The summed E-state index contributed by atoms with van der Waals surface area (Å²) in [4.78, 5) is 14.2. The van der Waals surface area contributed by atoms with Gasteiger partial charge >= 0.3 is 0 Å². The molecule has 0 atom stereocenters. The van der Waals surface area contributed by atoms with Crippen LogP contribution in [-0.4, -0.2) is 12.5 Å². The minimum absolute atomic E-state index is 0.248. The Morgan fingerprint density at radius 2 is 2.05 bits per heavy atom. The van der Waals surface area contributed by atoms with Crippen molar-refractivity contribution in [2.75, 3.05) is 11.4 Å². The fraction of sp³-hybridized carbons (Fsp3) is 0.235. The zero-order valence-corrected chi connectivity index (χ0v) is 12.8. The Bertz CT molecular complexity index is 761. The van der Waals surface area contributed by atoms with Gasteiger partial charge in [0.25, 0.3) is 5.91 Å². The molecule has 0 unspecified atom stereocenters. The lowest BCUT2D eigenvalue weighted by Crippen LogP contribution is -2.36. The Morgan fingerprint density at radius 3 is 2.82 bits per heavy atom. The summed E-state index contributed by atoms with van der Waals surface area (Å²) >= 11 is 6.06. The normalized spacial score (nSPS) is 13.9. The number of hydrogen-bond donors (Lipinski definition) is 0. The Balaban J connectivity index is 2.08. The topological polar surface area (TPSA) is 20.3 Å². The van der Waals surface area contributed by atoms with Crippen molar-refractivity contribution >= 4 is 23.2 Å². The maximum Gasteiger partial charge on any atom is 0.261 e. The number of rotatable bonds is 1. The summed E-state index contributed by atoms with van der Waals surface area (Å²) in [6.45, 7) is 2.34. The molecular weight excluding hydrogens is 308 g/mol. The van der Waals surface area contributed by atoms with Crippen molar-refractivity contribution in [3.63, 3.8) is 0 Å². The number of anilines is 1. The number of fused-ring (bicyclic) bond motifs is 1. The molecule has 5 heteroatoms. The zero-order valence-electron chi connectivity index (χ0n) is 12.0. The van der Waals surface area contributed by atoms with E-state index in [4.69, 9.17) is 11.6 Å². The molecule has 114 valence electrons. The van der Waals surface area contributed by atoms with E-state index in [0.717, 1.165) is 35.7 Å². The maximum atomic E-state index is 13.9. The van der Waals surface area contributed by atoms with E-state index in [1.54, 1.807) is 6.07 Å². The van der Waals surface area contributed by atoms with Gasteiger partial charge in [0.2, 0.25) is 0 Å². The third-order valence-electron chi connectivity index (χ3n) is 3.87. The molecule has 1 aliphatic heterocycles. The molecule has 2 nitrogen and oxygen atoms in total. The van der Waals surface area contributed by atoms with Gasteiger partial charge in [-0.2, -0.15) is 0 Å². The second-order valence-electron chi connectivity index (χ2n) is 5.39. The lowest BCUT2D eigenvalue weighted by molar-refractivity contribution is 0.0980. The minimum Gasteiger partial charge on any atom is -0.308 e. The molecule has 1 heterocycles. The van der Waals surface area contributed by atoms with Crippen LogP contribution in [0.4, 0.5) is 14.5 Å². The predicted octanol–water partition coefficient (Wildman–Crippen LogP) is 4.52. The Labute approximate surface area is 132 Å². The van der Waals surface area contributed by atoms with Gasteiger partial charge in [-0.25, -0.2) is 8.78 Å². The lowest BCUT2D eigenvalue weighted by Gasteiger charge is -2.31. The maximum absolute atomic E-state index is 13.9. The van der Waals surface area contributed by atoms with Crippen LogP contribution in [0.5, 0.6) is 0 Å². The number of benzene rings is 2. The third kappa shape index (κ3) is 2.48. The number of hydrogen-bond acceptors (Lipinski definition) is 1. The van der Waals surface area contributed by atoms with E-state index < -0.39 is 17.5 Å². The predicted molar refractivity (Wildman–Crippen MR) is 82.5 cm³/mol. The number of carbonyl (C=O) groups excluding carboxylic acids is 1. The van der Waals surface area contributed by atoms with Gasteiger partial charge in [0.15, 0.2) is 11.6 Å². The van der Waals surface area contributed by atoms with Crippen LogP contribution in [-0.2, 0) is 6.42 Å². The number of halogens is 3. The van der Waals surface area contributed by atoms with E-state index in [9.17, 15) is 13.6 Å². The SMILES string of the molecule is Cc1cc(Cl)cc2c1N(C(=O)c1cccc(F)c1F)CCC2. The molecule has 2 aromatic carbocycles. The van der Waals surface area contributed by atoms with Crippen LogP contribution in [0.3, 0.4) is 0 Å². The first kappa shape index (κ1) is 15.0. The summed E-state index contributed by atoms with van der Waals surface area (Å²) in [5.41, 5.74) is 2.32. The Kier molecular flexibility index (Phi) is 3.87. The molecule has 0 aromatic heterocycles. The van der Waals surface area contributed by atoms with Crippen molar-refractivity contribution in [2.24, 2.45) is 0 Å². The molecule has 3 rings (SSSR count). The van der Waals surface area contributed by atoms with E-state index in [2.05, 4.69) is 0 Å². The van der Waals surface area contributed by atoms with Crippen molar-refractivity contribution in [3.05, 3.63) is 63.7 Å². The van der Waals surface area contributed by atoms with E-state index >= 15 is 0 Å². The summed E-state index contributed by atoms with van der Waals surface area (Å²) in [6, 6.07) is 7.24. The van der Waals surface area contributed by atoms with Crippen molar-refractivity contribution < 1.29 is 13.6 Å². The largest absolute Gasteiger partial charge is 0.308 e. The van der Waals surface area contributed by atoms with Crippen LogP contribution < -0.4 is 4.90 Å². The molecule has 2 aromatic rings. The molecule has 0 fully saturated rings. The molecule has 0 saturated heterocycles. The molecule has 22 heavy (non-hydrogen) atoms. The van der Waals surface area contributed by atoms with Crippen molar-refractivity contribution in [1.29, 1.82) is 0 Å². The first-order valence-corrected chi connectivity index (χ1v) is 7.41. The summed E-state index contributed by atoms with van der Waals surface area (Å²) in [7, 11) is 0. The molecular formula is C17H14ClF2NO. The minimum atomic E-state index is -1.11. The molecule has 0 N–H and O–H groups in total. The molecule has 0 bridgehead atoms. The lowest BCUT2D eigenvalue weighted by atomic mass is 9.97. The smallest absolute Gasteiger partial charge is 0.261 e. The van der Waals surface area contributed by atoms with E-state index in [0.29, 0.717) is 11.6 Å². The molecule has 0 spiro atoms. The first-order chi connectivity index (χ1) is 10.5. The first-order valence-electron chi connectivity index (χ1n) is 7.04. The Hall–Kier alpha value is -1.94. The van der Waals surface area contributed by atoms with Crippen molar-refractivity contribution in [2.45, 2.75) is 19.8 Å². The van der Waals surface area contributed by atoms with Crippen LogP contribution in [0.1, 0.15) is 27.9 Å². The molecule has 1 amide bonds. The quantitative estimate of drug-likeness (QED) is 0.756. The number of amides is 1. The third-order valence-corrected chi connectivity index (χ3v) is 4.09. The standard InChI is InChI=1S/C17H14ClF2NO/c1-10-8-12(18)9-11-4-3-7-21(16(10)11)17(22)13-5-2-6-14(19)15(13)20/h2,5-6,8-9H,3-4,7H2,1H3. The van der Waals surface area contributed by atoms with Gasteiger partial charge in [-0.3, -0.25) is 4.79 Å². The highest BCUT2D eigenvalue weighted by Gasteiger charge is 2.28. The fourth-order valence-electron chi connectivity index (χ4n) is 2.94. The van der Waals surface area contributed by atoms with E-state index in [-0.39, 0.29) is 5.56 Å². The van der Waals surface area contributed by atoms with Crippen LogP contribution in [0.25, 0.3) is 0 Å². The number of carbonyl (C=O) groups is 1. The monoisotopic (exact) mass is 321 g/mol. The second-order valence-corrected chi connectivity index (χ2v) is 5.83. The fourth-order valence-corrected chi connectivity index (χ4v) is 3.23. The highest BCUT2D eigenvalue weighted by atomic mass is 35.5. The highest BCUT2D eigenvalue weighted by molar-refractivity contribution is 6.31. The average Bonchev–Trinajstić information content (AvgIpc) is 2.48. The van der Waals surface area contributed by atoms with Crippen molar-refractivity contribution in [1.82, 2.24) is 0 Å². The number of nitrogens with zero attached hydrogens (tertiary/aromatic N) is 1. The molecule has 1 aliphatic rings. The van der Waals surface area contributed by atoms with Gasteiger partial charge in [-0.1, -0.05) is 17.7 Å². The highest BCUT2D eigenvalue weighted by Crippen LogP contribution is 2.34.